The minimum absolute atomic E-state index is 0.127. The van der Waals surface area contributed by atoms with Crippen LogP contribution in [0.4, 0.5) is 0 Å². The second kappa shape index (κ2) is 19.0. The van der Waals surface area contributed by atoms with Gasteiger partial charge in [0.2, 0.25) is 0 Å². The van der Waals surface area contributed by atoms with Gasteiger partial charge in [0, 0.05) is 18.5 Å². The molecule has 0 aromatic heterocycles. The third kappa shape index (κ3) is 13.1. The van der Waals surface area contributed by atoms with Crippen molar-refractivity contribution in [3.8, 4) is 0 Å². The van der Waals surface area contributed by atoms with E-state index in [1.807, 2.05) is 54.6 Å². The van der Waals surface area contributed by atoms with Crippen molar-refractivity contribution in [1.82, 2.24) is 0 Å². The van der Waals surface area contributed by atoms with E-state index in [9.17, 15) is 13.7 Å². The van der Waals surface area contributed by atoms with Crippen molar-refractivity contribution >= 4 is 53.1 Å². The maximum atomic E-state index is 13.9. The largest absolute Gasteiger partial charge is 0.926 e. The molecule has 3 aromatic rings. The van der Waals surface area contributed by atoms with E-state index < -0.39 is 53.1 Å². The van der Waals surface area contributed by atoms with Gasteiger partial charge in [0.25, 0.3) is 22.8 Å². The number of benzene rings is 3. The second-order valence-corrected chi connectivity index (χ2v) is 23.3. The maximum absolute atomic E-state index is 13.9. The van der Waals surface area contributed by atoms with Gasteiger partial charge in [0.15, 0.2) is 0 Å². The molecule has 0 radical (unpaired) electrons. The van der Waals surface area contributed by atoms with E-state index in [0.717, 1.165) is 57.8 Å². The summed E-state index contributed by atoms with van der Waals surface area (Å²) >= 11 is -5.81. The number of hydrogen-bond donors (Lipinski definition) is 0. The van der Waals surface area contributed by atoms with Crippen LogP contribution in [0.5, 0.6) is 0 Å². The van der Waals surface area contributed by atoms with Crippen LogP contribution in [-0.2, 0) is 54.4 Å². The van der Waals surface area contributed by atoms with Gasteiger partial charge in [0.05, 0.1) is 0 Å². The molecule has 2 saturated heterocycles. The Balaban J connectivity index is 1.03. The smallest absolute Gasteiger partial charge is 0.386 e. The van der Waals surface area contributed by atoms with Gasteiger partial charge in [-0.15, -0.1) is 0 Å². The molecule has 2 aliphatic rings. The fourth-order valence-electron chi connectivity index (χ4n) is 5.59. The van der Waals surface area contributed by atoms with Crippen LogP contribution >= 0.6 is 22.8 Å². The Labute approximate surface area is 290 Å². The predicted molar refractivity (Wildman–Crippen MR) is 187 cm³/mol. The molecule has 3 aromatic carbocycles. The molecule has 0 amide bonds. The molecule has 0 unspecified atom stereocenters. The molecule has 0 spiro atoms. The van der Waals surface area contributed by atoms with Crippen molar-refractivity contribution in [2.24, 2.45) is 0 Å². The highest BCUT2D eigenvalue weighted by Crippen LogP contribution is 2.65. The number of unbranched alkanes of at least 4 members (excludes halogenated alkanes) is 6. The Hall–Kier alpha value is -0.825. The molecule has 252 valence electrons. The highest BCUT2D eigenvalue weighted by molar-refractivity contribution is 7.62. The fourth-order valence-corrected chi connectivity index (χ4v) is 19.0. The third-order valence-corrected chi connectivity index (χ3v) is 22.6. The molecule has 9 nitrogen and oxygen atoms in total. The Bertz CT molecular complexity index is 1400. The molecule has 14 heteroatoms. The second-order valence-electron chi connectivity index (χ2n) is 12.1. The van der Waals surface area contributed by atoms with Gasteiger partial charge >= 0.3 is 30.3 Å². The lowest BCUT2D eigenvalue weighted by atomic mass is 10.1. The summed E-state index contributed by atoms with van der Waals surface area (Å²) in [4.78, 5) is 0. The van der Waals surface area contributed by atoms with Crippen molar-refractivity contribution < 1.29 is 35.1 Å². The third-order valence-electron chi connectivity index (χ3n) is 8.20. The highest BCUT2D eigenvalue weighted by atomic mass is 31.2. The van der Waals surface area contributed by atoms with Crippen LogP contribution < -0.4 is 0 Å². The van der Waals surface area contributed by atoms with Gasteiger partial charge in [-0.1, -0.05) is 110 Å². The van der Waals surface area contributed by atoms with Crippen LogP contribution in [0.15, 0.2) is 91.0 Å². The summed E-state index contributed by atoms with van der Waals surface area (Å²) in [6.45, 7) is 0. The summed E-state index contributed by atoms with van der Waals surface area (Å²) in [5.74, 6) is 0. The van der Waals surface area contributed by atoms with Crippen molar-refractivity contribution in [3.63, 3.8) is 0 Å². The van der Waals surface area contributed by atoms with Crippen LogP contribution in [0.2, 0.25) is 0 Å². The molecule has 0 saturated carbocycles. The minimum Gasteiger partial charge on any atom is -0.386 e. The molecule has 2 fully saturated rings. The van der Waals surface area contributed by atoms with Gasteiger partial charge in [-0.2, -0.15) is 0 Å². The first kappa shape index (κ1) is 37.4. The van der Waals surface area contributed by atoms with Crippen LogP contribution in [0.1, 0.15) is 74.5 Å². The summed E-state index contributed by atoms with van der Waals surface area (Å²) in [7, 11) is -10.2. The zero-order chi connectivity index (χ0) is 32.8. The molecule has 0 aliphatic carbocycles. The van der Waals surface area contributed by atoms with Gasteiger partial charge < -0.3 is 21.5 Å². The molecule has 2 aliphatic heterocycles. The van der Waals surface area contributed by atoms with E-state index in [4.69, 9.17) is 21.5 Å². The molecule has 47 heavy (non-hydrogen) atoms. The van der Waals surface area contributed by atoms with Crippen molar-refractivity contribution in [2.45, 2.75) is 77.0 Å². The molecular weight excluding hydrogens is 687 g/mol. The van der Waals surface area contributed by atoms with E-state index >= 15 is 0 Å². The van der Waals surface area contributed by atoms with E-state index in [-0.39, 0.29) is 6.16 Å². The lowest BCUT2D eigenvalue weighted by molar-refractivity contribution is 0.174. The van der Waals surface area contributed by atoms with Crippen molar-refractivity contribution in [2.75, 3.05) is 18.5 Å². The van der Waals surface area contributed by atoms with Gasteiger partial charge in [-0.05, 0) is 74.5 Å². The number of aryl methyl sites for hydroxylation is 3. The lowest BCUT2D eigenvalue weighted by Gasteiger charge is -2.37. The van der Waals surface area contributed by atoms with Gasteiger partial charge in [-0.3, -0.25) is 13.7 Å². The first-order valence-electron chi connectivity index (χ1n) is 16.8. The summed E-state index contributed by atoms with van der Waals surface area (Å²) < 4.78 is 73.8. The molecule has 0 bridgehead atoms. The topological polar surface area (TPSA) is 107 Å². The van der Waals surface area contributed by atoms with Gasteiger partial charge in [-0.25, -0.2) is 0 Å². The van der Waals surface area contributed by atoms with E-state index in [1.54, 1.807) is 0 Å². The first-order chi connectivity index (χ1) is 22.8. The average molecular weight is 733 g/mol. The Morgan fingerprint density at radius 1 is 0.489 bits per heavy atom. The molecular formula is C33H45Al2O9P3. The minimum atomic E-state index is -3.75. The van der Waals surface area contributed by atoms with Crippen LogP contribution in [0, 0.1) is 0 Å². The quantitative estimate of drug-likeness (QED) is 0.0567. The summed E-state index contributed by atoms with van der Waals surface area (Å²) in [6.07, 6.45) is 11.1. The summed E-state index contributed by atoms with van der Waals surface area (Å²) in [5, 5.41) is 0. The Kier molecular flexibility index (Phi) is 15.1. The first-order valence-corrected chi connectivity index (χ1v) is 24.8. The normalized spacial score (nSPS) is 16.9. The SMILES string of the molecule is O=P1(CCCCCc2ccccc2)[O][Al]([O]P(=O)(CCCCCc2ccccc2)[O][Al]2[O]P(=O)(CCCCCc3ccccc3)[O]2)[O]1. The van der Waals surface area contributed by atoms with E-state index in [0.29, 0.717) is 31.6 Å². The Morgan fingerprint density at radius 2 is 0.830 bits per heavy atom. The zero-order valence-electron chi connectivity index (χ0n) is 26.9. The number of hydrogen-bond acceptors (Lipinski definition) is 9. The standard InChI is InChI=1S/3C11H17O3P.2Al/c3*12-15(13,14)10-6-2-5-9-11-7-3-1-4-8-11;;/h3*1,3-4,7-8H,2,5-6,9-10H2,(H2,12,13,14);;/q;;;2*+3/p-6. The molecule has 0 atom stereocenters. The van der Waals surface area contributed by atoms with E-state index in [2.05, 4.69) is 36.4 Å². The van der Waals surface area contributed by atoms with Crippen LogP contribution in [0.25, 0.3) is 0 Å². The monoisotopic (exact) mass is 732 g/mol. The highest BCUT2D eigenvalue weighted by Gasteiger charge is 2.62. The fraction of sp³-hybridized carbons (Fsp3) is 0.455. The summed E-state index contributed by atoms with van der Waals surface area (Å²) in [5.41, 5.74) is 3.82. The van der Waals surface area contributed by atoms with Gasteiger partial charge in [0.1, 0.15) is 0 Å². The van der Waals surface area contributed by atoms with Crippen molar-refractivity contribution in [3.05, 3.63) is 108 Å². The lowest BCUT2D eigenvalue weighted by Crippen LogP contribution is -2.38. The predicted octanol–water partition coefficient (Wildman–Crippen LogP) is 9.90. The Morgan fingerprint density at radius 3 is 1.19 bits per heavy atom. The van der Waals surface area contributed by atoms with E-state index in [1.165, 1.54) is 16.7 Å². The summed E-state index contributed by atoms with van der Waals surface area (Å²) in [6, 6.07) is 30.7. The molecule has 0 N–H and O–H groups in total. The molecule has 2 heterocycles. The maximum Gasteiger partial charge on any atom is 0.926 e. The average Bonchev–Trinajstić information content (AvgIpc) is 3.04. The van der Waals surface area contributed by atoms with Crippen LogP contribution in [-0.4, -0.2) is 48.8 Å². The zero-order valence-corrected chi connectivity index (χ0v) is 31.9. The van der Waals surface area contributed by atoms with Crippen molar-refractivity contribution in [1.29, 1.82) is 0 Å². The number of rotatable bonds is 22. The molecule has 5 rings (SSSR count). The van der Waals surface area contributed by atoms with Crippen LogP contribution in [0.3, 0.4) is 0 Å².